The van der Waals surface area contributed by atoms with Gasteiger partial charge in [-0.25, -0.2) is 0 Å². The number of ether oxygens (including phenoxy) is 1. The molecule has 3 heteroatoms. The summed E-state index contributed by atoms with van der Waals surface area (Å²) in [6, 6.07) is 6.07. The Bertz CT molecular complexity index is 286. The van der Waals surface area contributed by atoms with Gasteiger partial charge in [0.25, 0.3) is 0 Å². The number of halogens is 1. The van der Waals surface area contributed by atoms with Gasteiger partial charge in [0.05, 0.1) is 11.1 Å². The number of anilines is 1. The van der Waals surface area contributed by atoms with Gasteiger partial charge in [0.15, 0.2) is 0 Å². The van der Waals surface area contributed by atoms with Gasteiger partial charge in [0.2, 0.25) is 0 Å². The summed E-state index contributed by atoms with van der Waals surface area (Å²) in [5.41, 5.74) is 1.15. The lowest BCUT2D eigenvalue weighted by atomic mass is 10.3. The predicted octanol–water partition coefficient (Wildman–Crippen LogP) is 2.91. The van der Waals surface area contributed by atoms with E-state index in [1.807, 2.05) is 39.2 Å². The number of rotatable bonds is 3. The summed E-state index contributed by atoms with van der Waals surface area (Å²) in [5.74, 6) is 0.897. The second-order valence-electron chi connectivity index (χ2n) is 2.94. The molecule has 0 saturated carbocycles. The zero-order valence-corrected chi connectivity index (χ0v) is 9.76. The molecule has 0 spiro atoms. The Morgan fingerprint density at radius 3 is 2.62 bits per heavy atom. The minimum absolute atomic E-state index is 0.690. The first-order chi connectivity index (χ1) is 6.15. The number of hydrogen-bond donors (Lipinski definition) is 0. The molecule has 1 aromatic carbocycles. The van der Waals surface area contributed by atoms with E-state index >= 15 is 0 Å². The van der Waals surface area contributed by atoms with Gasteiger partial charge >= 0.3 is 0 Å². The Hall–Kier alpha value is -0.700. The standard InChI is InChI=1S/C10H14BrNO/c1-4-13-10-7-8(12(2)3)5-6-9(10)11/h5-7H,4H2,1-3H3. The molecule has 0 saturated heterocycles. The highest BCUT2D eigenvalue weighted by atomic mass is 79.9. The zero-order valence-electron chi connectivity index (χ0n) is 8.17. The molecule has 1 aromatic rings. The highest BCUT2D eigenvalue weighted by molar-refractivity contribution is 9.10. The summed E-state index contributed by atoms with van der Waals surface area (Å²) in [4.78, 5) is 2.05. The summed E-state index contributed by atoms with van der Waals surface area (Å²) in [5, 5.41) is 0. The van der Waals surface area contributed by atoms with Crippen LogP contribution in [0.15, 0.2) is 22.7 Å². The van der Waals surface area contributed by atoms with Gasteiger partial charge in [-0.2, -0.15) is 0 Å². The molecule has 0 aromatic heterocycles. The van der Waals surface area contributed by atoms with Crippen LogP contribution in [0.5, 0.6) is 5.75 Å². The first-order valence-corrected chi connectivity index (χ1v) is 5.04. The molecule has 0 aliphatic rings. The topological polar surface area (TPSA) is 12.5 Å². The van der Waals surface area contributed by atoms with Gasteiger partial charge in [-0.15, -0.1) is 0 Å². The minimum atomic E-state index is 0.690. The average molecular weight is 244 g/mol. The second kappa shape index (κ2) is 4.51. The van der Waals surface area contributed by atoms with E-state index in [9.17, 15) is 0 Å². The maximum Gasteiger partial charge on any atom is 0.135 e. The van der Waals surface area contributed by atoms with E-state index in [1.54, 1.807) is 0 Å². The van der Waals surface area contributed by atoms with Crippen LogP contribution < -0.4 is 9.64 Å². The monoisotopic (exact) mass is 243 g/mol. The van der Waals surface area contributed by atoms with Gasteiger partial charge in [-0.1, -0.05) is 0 Å². The molecule has 0 amide bonds. The predicted molar refractivity (Wildman–Crippen MR) is 59.6 cm³/mol. The molecular weight excluding hydrogens is 230 g/mol. The van der Waals surface area contributed by atoms with E-state index < -0.39 is 0 Å². The maximum absolute atomic E-state index is 5.45. The molecule has 13 heavy (non-hydrogen) atoms. The van der Waals surface area contributed by atoms with E-state index in [0.29, 0.717) is 6.61 Å². The highest BCUT2D eigenvalue weighted by Gasteiger charge is 2.02. The maximum atomic E-state index is 5.45. The largest absolute Gasteiger partial charge is 0.493 e. The normalized spacial score (nSPS) is 9.85. The molecule has 0 fully saturated rings. The van der Waals surface area contributed by atoms with Crippen molar-refractivity contribution in [1.82, 2.24) is 0 Å². The SMILES string of the molecule is CCOc1cc(N(C)C)ccc1Br. The van der Waals surface area contributed by atoms with Crippen molar-refractivity contribution in [2.45, 2.75) is 6.92 Å². The third-order valence-corrected chi connectivity index (χ3v) is 2.39. The number of hydrogen-bond acceptors (Lipinski definition) is 2. The fourth-order valence-corrected chi connectivity index (χ4v) is 1.40. The first kappa shape index (κ1) is 10.4. The summed E-state index contributed by atoms with van der Waals surface area (Å²) in [7, 11) is 4.03. The Morgan fingerprint density at radius 1 is 1.38 bits per heavy atom. The lowest BCUT2D eigenvalue weighted by Crippen LogP contribution is -2.08. The molecule has 2 nitrogen and oxygen atoms in total. The lowest BCUT2D eigenvalue weighted by molar-refractivity contribution is 0.338. The Balaban J connectivity index is 2.97. The van der Waals surface area contributed by atoms with Crippen LogP contribution in [0.2, 0.25) is 0 Å². The van der Waals surface area contributed by atoms with Crippen molar-refractivity contribution in [3.05, 3.63) is 22.7 Å². The minimum Gasteiger partial charge on any atom is -0.493 e. The highest BCUT2D eigenvalue weighted by Crippen LogP contribution is 2.29. The molecule has 0 heterocycles. The van der Waals surface area contributed by atoms with Crippen molar-refractivity contribution in [3.8, 4) is 5.75 Å². The number of benzene rings is 1. The Morgan fingerprint density at radius 2 is 2.08 bits per heavy atom. The van der Waals surface area contributed by atoms with E-state index in [4.69, 9.17) is 4.74 Å². The van der Waals surface area contributed by atoms with Gasteiger partial charge in [0, 0.05) is 25.8 Å². The van der Waals surface area contributed by atoms with Crippen LogP contribution in [0.4, 0.5) is 5.69 Å². The molecule has 0 unspecified atom stereocenters. The lowest BCUT2D eigenvalue weighted by Gasteiger charge is -2.14. The van der Waals surface area contributed by atoms with Crippen molar-refractivity contribution in [3.63, 3.8) is 0 Å². The third-order valence-electron chi connectivity index (χ3n) is 1.73. The van der Waals surface area contributed by atoms with Gasteiger partial charge in [0.1, 0.15) is 5.75 Å². The smallest absolute Gasteiger partial charge is 0.135 e. The van der Waals surface area contributed by atoms with Gasteiger partial charge in [-0.05, 0) is 35.0 Å². The second-order valence-corrected chi connectivity index (χ2v) is 3.80. The van der Waals surface area contributed by atoms with Crippen LogP contribution in [0.1, 0.15) is 6.92 Å². The number of nitrogens with zero attached hydrogens (tertiary/aromatic N) is 1. The summed E-state index contributed by atoms with van der Waals surface area (Å²) in [6.45, 7) is 2.67. The van der Waals surface area contributed by atoms with Crippen molar-refractivity contribution in [2.24, 2.45) is 0 Å². The molecule has 72 valence electrons. The van der Waals surface area contributed by atoms with Crippen molar-refractivity contribution in [2.75, 3.05) is 25.6 Å². The molecular formula is C10H14BrNO. The quantitative estimate of drug-likeness (QED) is 0.810. The zero-order chi connectivity index (χ0) is 9.84. The Labute approximate surface area is 87.6 Å². The van der Waals surface area contributed by atoms with E-state index in [2.05, 4.69) is 20.8 Å². The van der Waals surface area contributed by atoms with Crippen LogP contribution in [-0.2, 0) is 0 Å². The van der Waals surface area contributed by atoms with Crippen molar-refractivity contribution < 1.29 is 4.74 Å². The van der Waals surface area contributed by atoms with Crippen LogP contribution >= 0.6 is 15.9 Å². The fraction of sp³-hybridized carbons (Fsp3) is 0.400. The van der Waals surface area contributed by atoms with Gasteiger partial charge in [-0.3, -0.25) is 0 Å². The van der Waals surface area contributed by atoms with Crippen LogP contribution in [-0.4, -0.2) is 20.7 Å². The average Bonchev–Trinajstić information content (AvgIpc) is 2.08. The third kappa shape index (κ3) is 2.62. The summed E-state index contributed by atoms with van der Waals surface area (Å²) in [6.07, 6.45) is 0. The molecule has 1 rings (SSSR count). The van der Waals surface area contributed by atoms with Crippen LogP contribution in [0, 0.1) is 0 Å². The van der Waals surface area contributed by atoms with Crippen LogP contribution in [0.25, 0.3) is 0 Å². The van der Waals surface area contributed by atoms with Crippen molar-refractivity contribution in [1.29, 1.82) is 0 Å². The Kier molecular flexibility index (Phi) is 3.60. The van der Waals surface area contributed by atoms with E-state index in [0.717, 1.165) is 15.9 Å². The van der Waals surface area contributed by atoms with E-state index in [1.165, 1.54) is 0 Å². The molecule has 0 atom stereocenters. The summed E-state index contributed by atoms with van der Waals surface area (Å²) >= 11 is 3.44. The molecule has 0 aliphatic heterocycles. The fourth-order valence-electron chi connectivity index (χ4n) is 1.04. The first-order valence-electron chi connectivity index (χ1n) is 4.24. The molecule has 0 aliphatic carbocycles. The van der Waals surface area contributed by atoms with Crippen molar-refractivity contribution >= 4 is 21.6 Å². The van der Waals surface area contributed by atoms with Gasteiger partial charge < -0.3 is 9.64 Å². The summed E-state index contributed by atoms with van der Waals surface area (Å²) < 4.78 is 6.45. The molecule has 0 radical (unpaired) electrons. The molecule has 0 N–H and O–H groups in total. The molecule has 0 bridgehead atoms. The van der Waals surface area contributed by atoms with E-state index in [-0.39, 0.29) is 0 Å². The van der Waals surface area contributed by atoms with Crippen LogP contribution in [0.3, 0.4) is 0 Å².